The summed E-state index contributed by atoms with van der Waals surface area (Å²) < 4.78 is 66.4. The number of aliphatic hydroxyl groups is 5. The van der Waals surface area contributed by atoms with Gasteiger partial charge in [-0.05, 0) is 112 Å². The first kappa shape index (κ1) is 63.2. The summed E-state index contributed by atoms with van der Waals surface area (Å²) >= 11 is 0. The number of aromatic nitrogens is 3. The number of hydrogen-bond donors (Lipinski definition) is 5. The molecule has 0 amide bonds. The van der Waals surface area contributed by atoms with Crippen LogP contribution in [0.1, 0.15) is 125 Å². The Kier molecular flexibility index (Phi) is 22.3. The van der Waals surface area contributed by atoms with Gasteiger partial charge in [-0.1, -0.05) is 38.1 Å². The van der Waals surface area contributed by atoms with Gasteiger partial charge in [-0.15, -0.1) is 5.10 Å². The summed E-state index contributed by atoms with van der Waals surface area (Å²) in [6, 6.07) is 6.15. The number of halogens is 1. The molecule has 4 aliphatic rings. The minimum absolute atomic E-state index is 0.0858. The number of likely N-dealkylation sites (N-methyl/N-ethyl adjacent to an activating group) is 2. The summed E-state index contributed by atoms with van der Waals surface area (Å²) in [5.74, 6) is -2.87. The number of alkyl halides is 1. The summed E-state index contributed by atoms with van der Waals surface area (Å²) in [6.45, 7) is 20.7. The predicted molar refractivity (Wildman–Crippen MR) is 286 cm³/mol. The normalized spacial score (nSPS) is 39.6. The first-order valence-corrected chi connectivity index (χ1v) is 28.0. The number of benzene rings is 1. The predicted octanol–water partition coefficient (Wildman–Crippen LogP) is 4.23. The maximum atomic E-state index is 15.0. The Bertz CT molecular complexity index is 2120. The van der Waals surface area contributed by atoms with E-state index in [2.05, 4.69) is 15.2 Å². The van der Waals surface area contributed by atoms with Gasteiger partial charge >= 0.3 is 5.97 Å². The first-order valence-electron chi connectivity index (χ1n) is 28.0. The van der Waals surface area contributed by atoms with Crippen molar-refractivity contribution in [3.8, 4) is 0 Å². The molecule has 1 aromatic carbocycles. The summed E-state index contributed by atoms with van der Waals surface area (Å²) in [4.78, 5) is 20.7. The van der Waals surface area contributed by atoms with E-state index in [1.165, 1.54) is 18.7 Å². The fourth-order valence-corrected chi connectivity index (χ4v) is 12.4. The molecule has 5 N–H and O–H groups in total. The van der Waals surface area contributed by atoms with Gasteiger partial charge < -0.3 is 78.1 Å². The molecule has 21 heteroatoms. The third kappa shape index (κ3) is 14.9. The van der Waals surface area contributed by atoms with Gasteiger partial charge in [0.25, 0.3) is 0 Å². The van der Waals surface area contributed by atoms with Gasteiger partial charge in [0.05, 0.1) is 53.8 Å². The molecular weight excluding hydrogens is 1000 g/mol. The van der Waals surface area contributed by atoms with Gasteiger partial charge in [0.2, 0.25) is 0 Å². The van der Waals surface area contributed by atoms with E-state index in [9.17, 15) is 34.7 Å². The van der Waals surface area contributed by atoms with E-state index in [4.69, 9.17) is 37.9 Å². The Balaban J connectivity index is 1.24. The van der Waals surface area contributed by atoms with Crippen molar-refractivity contribution in [2.24, 2.45) is 17.8 Å². The molecule has 0 unspecified atom stereocenters. The molecule has 0 spiro atoms. The molecule has 20 nitrogen and oxygen atoms in total. The fraction of sp³-hybridized carbons (Fsp3) is 0.839. The number of anilines is 1. The zero-order valence-electron chi connectivity index (χ0n) is 48.4. The van der Waals surface area contributed by atoms with E-state index in [0.29, 0.717) is 38.2 Å². The standard InChI is InChI=1S/C56H95FN6O14/c1-15-44-56(10,69)49(65)37(6)61(12)31-33(2)28-54(8,68)51(35(4)47(36(5)52(67)75-44)76-45-29-55(9,71-14)50(66)38(7)74-45)77-53-46(64)42(27-34(3)73-53)60(11)23-21-40-32-63(59-58-40)43(30-57)48(70-13)39-17-19-41(20-18-39)62-22-16-25-72-26-24-62/h17-20,32-38,42-51,53,64-66,68-69H,15-16,21-31H2,1-14H3/t33-,34-,35+,36-,37-,38+,42+,43-,44-,45+,46-,47+,48-,49-,50+,51-,53+,54-,55-,56-/m1/s1. The smallest absolute Gasteiger partial charge is 0.311 e. The molecule has 0 bridgehead atoms. The van der Waals surface area contributed by atoms with Gasteiger partial charge in [0, 0.05) is 89.7 Å². The Labute approximate surface area is 456 Å². The van der Waals surface area contributed by atoms with Crippen molar-refractivity contribution in [1.82, 2.24) is 24.8 Å². The first-order chi connectivity index (χ1) is 36.3. The van der Waals surface area contributed by atoms with Crippen LogP contribution in [-0.4, -0.2) is 221 Å². The number of nitrogens with zero attached hydrogens (tertiary/aromatic N) is 6. The largest absolute Gasteiger partial charge is 0.459 e. The van der Waals surface area contributed by atoms with Gasteiger partial charge in [0.1, 0.15) is 48.8 Å². The number of carbonyl (C=O) groups excluding carboxylic acids is 1. The lowest BCUT2D eigenvalue weighted by molar-refractivity contribution is -0.318. The molecule has 4 aliphatic heterocycles. The van der Waals surface area contributed by atoms with Crippen molar-refractivity contribution in [2.75, 3.05) is 79.3 Å². The van der Waals surface area contributed by atoms with Crippen LogP contribution >= 0.6 is 0 Å². The molecule has 4 fully saturated rings. The zero-order valence-corrected chi connectivity index (χ0v) is 48.4. The van der Waals surface area contributed by atoms with Crippen LogP contribution in [0.15, 0.2) is 30.5 Å². The van der Waals surface area contributed by atoms with Crippen molar-refractivity contribution >= 4 is 11.7 Å². The quantitative estimate of drug-likeness (QED) is 0.148. The highest BCUT2D eigenvalue weighted by atomic mass is 19.1. The van der Waals surface area contributed by atoms with Crippen molar-refractivity contribution in [2.45, 2.75) is 210 Å². The molecule has 77 heavy (non-hydrogen) atoms. The minimum Gasteiger partial charge on any atom is -0.459 e. The number of aliphatic hydroxyl groups excluding tert-OH is 3. The molecule has 20 atom stereocenters. The molecule has 4 saturated heterocycles. The lowest BCUT2D eigenvalue weighted by atomic mass is 9.77. The molecule has 6 rings (SSSR count). The molecule has 0 radical (unpaired) electrons. The highest BCUT2D eigenvalue weighted by Crippen LogP contribution is 2.41. The third-order valence-electron chi connectivity index (χ3n) is 17.3. The van der Waals surface area contributed by atoms with Crippen molar-refractivity contribution < 1.29 is 72.6 Å². The van der Waals surface area contributed by atoms with Gasteiger partial charge in [-0.3, -0.25) is 4.79 Å². The fourth-order valence-electron chi connectivity index (χ4n) is 12.4. The lowest BCUT2D eigenvalue weighted by Crippen LogP contribution is -2.61. The Morgan fingerprint density at radius 1 is 0.948 bits per heavy atom. The summed E-state index contributed by atoms with van der Waals surface area (Å²) in [5, 5.41) is 68.7. The van der Waals surface area contributed by atoms with Crippen LogP contribution in [0.4, 0.5) is 10.1 Å². The van der Waals surface area contributed by atoms with Crippen molar-refractivity contribution in [3.05, 3.63) is 41.7 Å². The number of methoxy groups -OCH3 is 2. The van der Waals surface area contributed by atoms with Gasteiger partial charge in [0.15, 0.2) is 12.6 Å². The van der Waals surface area contributed by atoms with Gasteiger partial charge in [-0.25, -0.2) is 9.07 Å². The second-order valence-electron chi connectivity index (χ2n) is 23.5. The maximum absolute atomic E-state index is 15.0. The highest BCUT2D eigenvalue weighted by Gasteiger charge is 2.53. The maximum Gasteiger partial charge on any atom is 0.311 e. The van der Waals surface area contributed by atoms with Crippen LogP contribution in [0.25, 0.3) is 0 Å². The van der Waals surface area contributed by atoms with E-state index in [0.717, 1.165) is 37.4 Å². The Hall–Kier alpha value is -3.00. The lowest BCUT2D eigenvalue weighted by Gasteiger charge is -2.49. The van der Waals surface area contributed by atoms with Crippen molar-refractivity contribution in [1.29, 1.82) is 0 Å². The molecular formula is C56H95FN6O14. The molecule has 0 aliphatic carbocycles. The number of esters is 1. The highest BCUT2D eigenvalue weighted by molar-refractivity contribution is 5.73. The van der Waals surface area contributed by atoms with Crippen LogP contribution in [-0.2, 0) is 49.1 Å². The number of carbonyl (C=O) groups is 1. The monoisotopic (exact) mass is 1090 g/mol. The second-order valence-corrected chi connectivity index (χ2v) is 23.5. The molecule has 1 aromatic heterocycles. The minimum atomic E-state index is -1.85. The van der Waals surface area contributed by atoms with Crippen LogP contribution in [0.5, 0.6) is 0 Å². The van der Waals surface area contributed by atoms with Crippen LogP contribution in [0.2, 0.25) is 0 Å². The van der Waals surface area contributed by atoms with Crippen LogP contribution < -0.4 is 4.90 Å². The second kappa shape index (κ2) is 27.2. The summed E-state index contributed by atoms with van der Waals surface area (Å²) in [7, 11) is 6.79. The Morgan fingerprint density at radius 2 is 1.65 bits per heavy atom. The van der Waals surface area contributed by atoms with E-state index < -0.39 is 127 Å². The average molecular weight is 1100 g/mol. The molecule has 0 saturated carbocycles. The topological polar surface area (TPSA) is 232 Å². The van der Waals surface area contributed by atoms with E-state index in [1.54, 1.807) is 61.8 Å². The molecule has 440 valence electrons. The summed E-state index contributed by atoms with van der Waals surface area (Å²) in [6.07, 6.45) is -6.96. The SMILES string of the molecule is CC[C@H]1OC(=O)[C@H](C)[C@@H](O[C@H]2C[C@@](C)(OC)[C@@H](O)[C@H](C)O2)[C@H](C)[C@@H](O[C@@H]2O[C@H](C)C[C@H](N(C)CCc3cn([C@H](CF)[C@H](OC)c4ccc(N5CCCOCC5)cc4)nn3)[C@H]2O)[C@](C)(O)C[C@@H](C)CN(C)[C@H](C)[C@@H](O)[C@]1(C)O. The summed E-state index contributed by atoms with van der Waals surface area (Å²) in [5.41, 5.74) is -2.08. The average Bonchev–Trinajstić information content (AvgIpc) is 3.70. The van der Waals surface area contributed by atoms with Crippen LogP contribution in [0.3, 0.4) is 0 Å². The van der Waals surface area contributed by atoms with E-state index in [1.807, 2.05) is 62.0 Å². The molecule has 5 heterocycles. The van der Waals surface area contributed by atoms with Crippen LogP contribution in [0, 0.1) is 17.8 Å². The van der Waals surface area contributed by atoms with Gasteiger partial charge in [-0.2, -0.15) is 0 Å². The number of rotatable bonds is 16. The zero-order chi connectivity index (χ0) is 56.7. The number of ether oxygens (including phenoxy) is 8. The third-order valence-corrected chi connectivity index (χ3v) is 17.3. The number of hydrogen-bond acceptors (Lipinski definition) is 19. The van der Waals surface area contributed by atoms with E-state index in [-0.39, 0.29) is 25.2 Å². The number of cyclic esters (lactones) is 1. The Morgan fingerprint density at radius 3 is 2.30 bits per heavy atom. The van der Waals surface area contributed by atoms with Crippen molar-refractivity contribution in [3.63, 3.8) is 0 Å². The molecule has 2 aromatic rings. The van der Waals surface area contributed by atoms with E-state index >= 15 is 0 Å².